The van der Waals surface area contributed by atoms with Gasteiger partial charge < -0.3 is 10.6 Å². The van der Waals surface area contributed by atoms with Gasteiger partial charge in [0, 0.05) is 42.3 Å². The molecule has 1 heterocycles. The summed E-state index contributed by atoms with van der Waals surface area (Å²) < 4.78 is 29.0. The van der Waals surface area contributed by atoms with Crippen LogP contribution in [0.15, 0.2) is 41.5 Å². The van der Waals surface area contributed by atoms with Crippen LogP contribution in [0.2, 0.25) is 5.02 Å². The maximum atomic E-state index is 14.6. The van der Waals surface area contributed by atoms with Crippen molar-refractivity contribution in [2.45, 2.75) is 19.0 Å². The molecule has 0 amide bonds. The normalized spacial score (nSPS) is 16.7. The van der Waals surface area contributed by atoms with Gasteiger partial charge in [-0.05, 0) is 43.4 Å². The van der Waals surface area contributed by atoms with Crippen LogP contribution in [-0.4, -0.2) is 42.4 Å². The minimum atomic E-state index is -0.567. The number of hydrazone groups is 1. The molecule has 1 saturated heterocycles. The molecule has 2 aromatic carbocycles. The first kappa shape index (κ1) is 21.4. The number of nitrogens with one attached hydrogen (secondary N) is 1. The molecular weight excluding hydrogens is 416 g/mol. The van der Waals surface area contributed by atoms with Gasteiger partial charge in [-0.25, -0.2) is 8.78 Å². The zero-order valence-electron chi connectivity index (χ0n) is 15.9. The van der Waals surface area contributed by atoms with Crippen LogP contribution in [0.1, 0.15) is 17.5 Å². The molecule has 29 heavy (non-hydrogen) atoms. The van der Waals surface area contributed by atoms with Crippen LogP contribution in [0.4, 0.5) is 14.5 Å². The molecule has 0 spiro atoms. The number of anilines is 1. The van der Waals surface area contributed by atoms with E-state index >= 15 is 0 Å². The number of hydrogen-bond donors (Lipinski definition) is 2. The molecule has 1 fully saturated rings. The van der Waals surface area contributed by atoms with Crippen LogP contribution in [-0.2, 0) is 6.54 Å². The lowest BCUT2D eigenvalue weighted by Crippen LogP contribution is -2.34. The predicted octanol–water partition coefficient (Wildman–Crippen LogP) is 3.50. The summed E-state index contributed by atoms with van der Waals surface area (Å²) in [5, 5.41) is 4.35. The first-order valence-corrected chi connectivity index (χ1v) is 9.90. The van der Waals surface area contributed by atoms with Crippen LogP contribution in [0, 0.1) is 11.6 Å². The summed E-state index contributed by atoms with van der Waals surface area (Å²) in [7, 11) is 2.02. The van der Waals surface area contributed by atoms with Crippen molar-refractivity contribution in [3.8, 4) is 0 Å². The highest BCUT2D eigenvalue weighted by molar-refractivity contribution is 7.80. The van der Waals surface area contributed by atoms with E-state index in [4.69, 9.17) is 17.3 Å². The standard InChI is InChI=1S/C20H22ClF2N5S/c1-27(11-13-4-2-3-5-16(13)21)15-6-7-28(12-15)19-9-17(22)14(8-18(19)23)10-25-26-20(24)29/h2-5,8-10,15H,6-7,11-12H2,1H3,(H3,24,26,29). The Hall–Kier alpha value is -2.29. The quantitative estimate of drug-likeness (QED) is 0.411. The van der Waals surface area contributed by atoms with E-state index in [1.165, 1.54) is 6.07 Å². The van der Waals surface area contributed by atoms with E-state index in [0.717, 1.165) is 29.3 Å². The topological polar surface area (TPSA) is 56.9 Å². The Bertz CT molecular complexity index is 924. The van der Waals surface area contributed by atoms with Crippen molar-refractivity contribution in [1.82, 2.24) is 10.3 Å². The van der Waals surface area contributed by atoms with Crippen molar-refractivity contribution in [3.63, 3.8) is 0 Å². The Labute approximate surface area is 179 Å². The fraction of sp³-hybridized carbons (Fsp3) is 0.300. The third-order valence-corrected chi connectivity index (χ3v) is 5.41. The van der Waals surface area contributed by atoms with Crippen LogP contribution < -0.4 is 16.1 Å². The number of rotatable bonds is 6. The van der Waals surface area contributed by atoms with Crippen LogP contribution >= 0.6 is 23.8 Å². The second-order valence-corrected chi connectivity index (χ2v) is 7.80. The highest BCUT2D eigenvalue weighted by Crippen LogP contribution is 2.28. The maximum absolute atomic E-state index is 14.6. The molecule has 0 radical (unpaired) electrons. The fourth-order valence-corrected chi connectivity index (χ4v) is 3.65. The lowest BCUT2D eigenvalue weighted by atomic mass is 10.1. The smallest absolute Gasteiger partial charge is 0.184 e. The molecule has 1 atom stereocenters. The van der Waals surface area contributed by atoms with E-state index in [1.54, 1.807) is 0 Å². The lowest BCUT2D eigenvalue weighted by molar-refractivity contribution is 0.250. The number of thiocarbonyl (C=S) groups is 1. The van der Waals surface area contributed by atoms with Crippen LogP contribution in [0.5, 0.6) is 0 Å². The Morgan fingerprint density at radius 1 is 1.38 bits per heavy atom. The minimum absolute atomic E-state index is 0.0154. The number of nitrogens with zero attached hydrogens (tertiary/aromatic N) is 3. The van der Waals surface area contributed by atoms with E-state index in [2.05, 4.69) is 27.6 Å². The summed E-state index contributed by atoms with van der Waals surface area (Å²) in [4.78, 5) is 4.05. The second kappa shape index (κ2) is 9.47. The molecule has 0 bridgehead atoms. The van der Waals surface area contributed by atoms with E-state index in [1.807, 2.05) is 36.2 Å². The zero-order valence-corrected chi connectivity index (χ0v) is 17.5. The molecule has 3 N–H and O–H groups in total. The molecule has 3 rings (SSSR count). The number of likely N-dealkylation sites (N-methyl/N-ethyl adjacent to an activating group) is 1. The maximum Gasteiger partial charge on any atom is 0.184 e. The van der Waals surface area contributed by atoms with Crippen LogP contribution in [0.3, 0.4) is 0 Å². The third kappa shape index (κ3) is 5.41. The molecule has 9 heteroatoms. The van der Waals surface area contributed by atoms with Gasteiger partial charge in [0.05, 0.1) is 11.9 Å². The van der Waals surface area contributed by atoms with Crippen LogP contribution in [0.25, 0.3) is 0 Å². The monoisotopic (exact) mass is 437 g/mol. The molecule has 2 aromatic rings. The number of nitrogens with two attached hydrogens (primary N) is 1. The van der Waals surface area contributed by atoms with Crippen molar-refractivity contribution in [1.29, 1.82) is 0 Å². The summed E-state index contributed by atoms with van der Waals surface area (Å²) in [6, 6.07) is 10.2. The summed E-state index contributed by atoms with van der Waals surface area (Å²) in [5.74, 6) is -1.07. The summed E-state index contributed by atoms with van der Waals surface area (Å²) in [5.41, 5.74) is 8.87. The van der Waals surface area contributed by atoms with Gasteiger partial charge >= 0.3 is 0 Å². The van der Waals surface area contributed by atoms with Crippen molar-refractivity contribution in [2.75, 3.05) is 25.0 Å². The molecule has 1 aliphatic rings. The zero-order chi connectivity index (χ0) is 21.0. The summed E-state index contributed by atoms with van der Waals surface area (Å²) in [6.07, 6.45) is 1.99. The molecular formula is C20H22ClF2N5S. The Balaban J connectivity index is 1.68. The lowest BCUT2D eigenvalue weighted by Gasteiger charge is -2.26. The number of benzene rings is 2. The first-order valence-electron chi connectivity index (χ1n) is 9.11. The van der Waals surface area contributed by atoms with Gasteiger partial charge in [0.1, 0.15) is 11.6 Å². The third-order valence-electron chi connectivity index (χ3n) is 4.95. The van der Waals surface area contributed by atoms with Gasteiger partial charge in [0.15, 0.2) is 5.11 Å². The van der Waals surface area contributed by atoms with E-state index < -0.39 is 11.6 Å². The van der Waals surface area contributed by atoms with E-state index in [9.17, 15) is 8.78 Å². The number of hydrogen-bond acceptors (Lipinski definition) is 4. The van der Waals surface area contributed by atoms with Gasteiger partial charge in [-0.2, -0.15) is 5.10 Å². The molecule has 1 unspecified atom stereocenters. The molecule has 5 nitrogen and oxygen atoms in total. The SMILES string of the molecule is CN(Cc1ccccc1Cl)C1CCN(c2cc(F)c(C=NNC(N)=S)cc2F)C1. The van der Waals surface area contributed by atoms with Crippen molar-refractivity contribution in [2.24, 2.45) is 10.8 Å². The molecule has 0 aromatic heterocycles. The Kier molecular flexibility index (Phi) is 7.00. The predicted molar refractivity (Wildman–Crippen MR) is 117 cm³/mol. The summed E-state index contributed by atoms with van der Waals surface area (Å²) in [6.45, 7) is 1.94. The largest absolute Gasteiger partial charge is 0.375 e. The highest BCUT2D eigenvalue weighted by atomic mass is 35.5. The molecule has 0 saturated carbocycles. The van der Waals surface area contributed by atoms with Gasteiger partial charge in [-0.1, -0.05) is 29.8 Å². The van der Waals surface area contributed by atoms with Crippen molar-refractivity contribution < 1.29 is 8.78 Å². The van der Waals surface area contributed by atoms with Crippen molar-refractivity contribution >= 4 is 40.8 Å². The molecule has 154 valence electrons. The fourth-order valence-electron chi connectivity index (χ4n) is 3.40. The average molecular weight is 438 g/mol. The van der Waals surface area contributed by atoms with Crippen molar-refractivity contribution in [3.05, 3.63) is 64.2 Å². The molecule has 1 aliphatic heterocycles. The average Bonchev–Trinajstić information content (AvgIpc) is 3.16. The Morgan fingerprint density at radius 2 is 2.14 bits per heavy atom. The Morgan fingerprint density at radius 3 is 2.86 bits per heavy atom. The van der Waals surface area contributed by atoms with Gasteiger partial charge in [-0.3, -0.25) is 10.3 Å². The molecule has 0 aliphatic carbocycles. The highest BCUT2D eigenvalue weighted by Gasteiger charge is 2.28. The van der Waals surface area contributed by atoms with Gasteiger partial charge in [-0.15, -0.1) is 0 Å². The van der Waals surface area contributed by atoms with Gasteiger partial charge in [0.25, 0.3) is 0 Å². The van der Waals surface area contributed by atoms with E-state index in [-0.39, 0.29) is 22.4 Å². The first-order chi connectivity index (χ1) is 13.8. The van der Waals surface area contributed by atoms with Gasteiger partial charge in [0.2, 0.25) is 0 Å². The minimum Gasteiger partial charge on any atom is -0.375 e. The van der Waals surface area contributed by atoms with E-state index in [0.29, 0.717) is 19.6 Å². The summed E-state index contributed by atoms with van der Waals surface area (Å²) >= 11 is 10.9. The second-order valence-electron chi connectivity index (χ2n) is 6.95. The number of halogens is 3.